The highest BCUT2D eigenvalue weighted by molar-refractivity contribution is 6.02. The van der Waals surface area contributed by atoms with Crippen molar-refractivity contribution in [2.24, 2.45) is 0 Å². The van der Waals surface area contributed by atoms with Crippen molar-refractivity contribution < 1.29 is 38.4 Å². The highest BCUT2D eigenvalue weighted by Gasteiger charge is 2.35. The Labute approximate surface area is 250 Å². The van der Waals surface area contributed by atoms with Gasteiger partial charge in [-0.1, -0.05) is 18.2 Å². The zero-order chi connectivity index (χ0) is 31.5. The molecule has 3 aromatic rings. The average Bonchev–Trinajstić information content (AvgIpc) is 3.45. The van der Waals surface area contributed by atoms with E-state index in [1.807, 2.05) is 6.07 Å². The van der Waals surface area contributed by atoms with Gasteiger partial charge in [-0.05, 0) is 63.9 Å². The first-order chi connectivity index (χ1) is 20.4. The molecule has 1 aliphatic rings. The number of amides is 2. The summed E-state index contributed by atoms with van der Waals surface area (Å²) in [5.41, 5.74) is 0.0671. The molecule has 0 aliphatic carbocycles. The molecule has 2 N–H and O–H groups in total. The minimum Gasteiger partial charge on any atom is -0.506 e. The second-order valence-electron chi connectivity index (χ2n) is 11.3. The fraction of sp³-hybridized carbons (Fsp3) is 0.406. The third-order valence-electron chi connectivity index (χ3n) is 7.29. The number of benzene rings is 2. The predicted molar refractivity (Wildman–Crippen MR) is 158 cm³/mol. The average molecular weight is 596 g/mol. The normalized spacial score (nSPS) is 14.9. The maximum absolute atomic E-state index is 13.9. The van der Waals surface area contributed by atoms with Crippen molar-refractivity contribution in [3.63, 3.8) is 0 Å². The van der Waals surface area contributed by atoms with Crippen molar-refractivity contribution in [2.45, 2.75) is 52.2 Å². The van der Waals surface area contributed by atoms with Crippen LogP contribution < -0.4 is 9.47 Å². The third kappa shape index (κ3) is 6.76. The number of likely N-dealkylation sites (tertiary alicyclic amines) is 1. The largest absolute Gasteiger partial charge is 0.506 e. The monoisotopic (exact) mass is 595 g/mol. The molecule has 2 aromatic carbocycles. The molecule has 1 saturated heterocycles. The minimum atomic E-state index is -0.758. The molecule has 1 unspecified atom stereocenters. The van der Waals surface area contributed by atoms with E-state index in [1.165, 1.54) is 36.2 Å². The van der Waals surface area contributed by atoms with Crippen LogP contribution in [0.5, 0.6) is 23.1 Å². The lowest BCUT2D eigenvalue weighted by atomic mass is 9.97. The Bertz CT molecular complexity index is 1480. The molecule has 1 fully saturated rings. The van der Waals surface area contributed by atoms with Crippen LogP contribution in [0.3, 0.4) is 0 Å². The van der Waals surface area contributed by atoms with Crippen molar-refractivity contribution in [2.75, 3.05) is 33.9 Å². The number of halogens is 1. The molecule has 0 radical (unpaired) electrons. The first kappa shape index (κ1) is 31.4. The fourth-order valence-corrected chi connectivity index (χ4v) is 5.23. The molecule has 1 aromatic heterocycles. The Hall–Kier alpha value is -4.54. The lowest BCUT2D eigenvalue weighted by molar-refractivity contribution is 0.0241. The van der Waals surface area contributed by atoms with E-state index >= 15 is 0 Å². The highest BCUT2D eigenvalue weighted by atomic mass is 19.1. The summed E-state index contributed by atoms with van der Waals surface area (Å²) in [5, 5.41) is 22.9. The number of hydrogen-bond donors (Lipinski definition) is 2. The van der Waals surface area contributed by atoms with E-state index in [0.29, 0.717) is 30.0 Å². The van der Waals surface area contributed by atoms with Crippen LogP contribution in [0.1, 0.15) is 61.6 Å². The topological polar surface area (TPSA) is 122 Å². The Morgan fingerprint density at radius 1 is 1.07 bits per heavy atom. The van der Waals surface area contributed by atoms with Gasteiger partial charge in [0.05, 0.1) is 37.6 Å². The maximum Gasteiger partial charge on any atom is 0.410 e. The van der Waals surface area contributed by atoms with E-state index in [0.717, 1.165) is 5.56 Å². The third-order valence-corrected chi connectivity index (χ3v) is 7.29. The zero-order valence-electron chi connectivity index (χ0n) is 25.3. The van der Waals surface area contributed by atoms with Crippen LogP contribution in [0.2, 0.25) is 0 Å². The standard InChI is InChI=1S/C32H38FN3O7/c1-7-35(31(40)43-32(2,3)4)18-22-25(26-23(41-5)12-9-13-24(26)42-6)28(37)27(29(38)34-22)30(39)36-15-14-20(17-36)19-10-8-11-21(33)16-19/h8-13,16,20H,7,14-15,17-18H2,1-6H3,(H2,34,37,38). The van der Waals surface area contributed by atoms with Gasteiger partial charge in [-0.15, -0.1) is 0 Å². The number of rotatable bonds is 8. The Kier molecular flexibility index (Phi) is 9.32. The van der Waals surface area contributed by atoms with E-state index in [4.69, 9.17) is 14.2 Å². The molecular formula is C32H38FN3O7. The van der Waals surface area contributed by atoms with E-state index in [2.05, 4.69) is 4.98 Å². The second-order valence-corrected chi connectivity index (χ2v) is 11.3. The van der Waals surface area contributed by atoms with Crippen LogP contribution in [0.25, 0.3) is 11.1 Å². The van der Waals surface area contributed by atoms with Gasteiger partial charge in [0.2, 0.25) is 5.88 Å². The first-order valence-corrected chi connectivity index (χ1v) is 14.1. The van der Waals surface area contributed by atoms with Crippen LogP contribution in [0, 0.1) is 5.82 Å². The summed E-state index contributed by atoms with van der Waals surface area (Å²) in [5.74, 6) is -1.71. The summed E-state index contributed by atoms with van der Waals surface area (Å²) >= 11 is 0. The van der Waals surface area contributed by atoms with Crippen LogP contribution >= 0.6 is 0 Å². The lowest BCUT2D eigenvalue weighted by Gasteiger charge is -2.28. The highest BCUT2D eigenvalue weighted by Crippen LogP contribution is 2.47. The van der Waals surface area contributed by atoms with Gasteiger partial charge in [-0.3, -0.25) is 4.79 Å². The van der Waals surface area contributed by atoms with Gasteiger partial charge >= 0.3 is 6.09 Å². The van der Waals surface area contributed by atoms with Gasteiger partial charge in [0.15, 0.2) is 0 Å². The van der Waals surface area contributed by atoms with Gasteiger partial charge in [-0.25, -0.2) is 14.2 Å². The summed E-state index contributed by atoms with van der Waals surface area (Å²) in [6.45, 7) is 7.66. The Balaban J connectivity index is 1.81. The van der Waals surface area contributed by atoms with Gasteiger partial charge in [0.25, 0.3) is 5.91 Å². The molecule has 0 bridgehead atoms. The summed E-state index contributed by atoms with van der Waals surface area (Å²) in [6.07, 6.45) is -0.0362. The van der Waals surface area contributed by atoms with Crippen LogP contribution in [-0.2, 0) is 11.3 Å². The number of aromatic hydroxyl groups is 2. The number of ether oxygens (including phenoxy) is 3. The molecule has 2 amide bonds. The van der Waals surface area contributed by atoms with Gasteiger partial charge in [0.1, 0.15) is 34.2 Å². The SMILES string of the molecule is CCN(Cc1nc(O)c(C(=O)N2CCC(c3cccc(F)c3)C2)c(O)c1-c1c(OC)cccc1OC)C(=O)OC(C)(C)C. The van der Waals surface area contributed by atoms with Crippen molar-refractivity contribution in [1.29, 1.82) is 0 Å². The molecular weight excluding hydrogens is 557 g/mol. The molecule has 4 rings (SSSR count). The summed E-state index contributed by atoms with van der Waals surface area (Å²) in [6, 6.07) is 11.3. The van der Waals surface area contributed by atoms with E-state index in [9.17, 15) is 24.2 Å². The van der Waals surface area contributed by atoms with Crippen molar-refractivity contribution >= 4 is 12.0 Å². The zero-order valence-corrected chi connectivity index (χ0v) is 25.3. The fourth-order valence-electron chi connectivity index (χ4n) is 5.23. The molecule has 0 spiro atoms. The molecule has 43 heavy (non-hydrogen) atoms. The molecule has 1 atom stereocenters. The predicted octanol–water partition coefficient (Wildman–Crippen LogP) is 5.70. The van der Waals surface area contributed by atoms with Crippen LogP contribution in [-0.4, -0.2) is 76.5 Å². The quantitative estimate of drug-likeness (QED) is 0.340. The van der Waals surface area contributed by atoms with E-state index in [1.54, 1.807) is 52.0 Å². The first-order valence-electron chi connectivity index (χ1n) is 14.1. The number of hydrogen-bond acceptors (Lipinski definition) is 8. The molecule has 230 valence electrons. The molecule has 0 saturated carbocycles. The van der Waals surface area contributed by atoms with Crippen molar-refractivity contribution in [1.82, 2.24) is 14.8 Å². The molecule has 2 heterocycles. The molecule has 1 aliphatic heterocycles. The Morgan fingerprint density at radius 3 is 2.30 bits per heavy atom. The lowest BCUT2D eigenvalue weighted by Crippen LogP contribution is -2.36. The minimum absolute atomic E-state index is 0.0679. The van der Waals surface area contributed by atoms with Crippen LogP contribution in [0.15, 0.2) is 42.5 Å². The van der Waals surface area contributed by atoms with Gasteiger partial charge < -0.3 is 34.2 Å². The van der Waals surface area contributed by atoms with Crippen molar-refractivity contribution in [3.05, 3.63) is 65.1 Å². The number of methoxy groups -OCH3 is 2. The number of carbonyl (C=O) groups excluding carboxylic acids is 2. The number of pyridine rings is 1. The Morgan fingerprint density at radius 2 is 1.72 bits per heavy atom. The summed E-state index contributed by atoms with van der Waals surface area (Å²) in [4.78, 5) is 34.0. The van der Waals surface area contributed by atoms with E-state index < -0.39 is 34.8 Å². The number of aromatic nitrogens is 1. The van der Waals surface area contributed by atoms with Gasteiger partial charge in [0, 0.05) is 25.6 Å². The van der Waals surface area contributed by atoms with E-state index in [-0.39, 0.29) is 42.6 Å². The second kappa shape index (κ2) is 12.8. The van der Waals surface area contributed by atoms with Crippen molar-refractivity contribution in [3.8, 4) is 34.3 Å². The van der Waals surface area contributed by atoms with Gasteiger partial charge in [-0.2, -0.15) is 0 Å². The smallest absolute Gasteiger partial charge is 0.410 e. The molecule has 11 heteroatoms. The number of carbonyl (C=O) groups is 2. The number of nitrogens with zero attached hydrogens (tertiary/aromatic N) is 3. The molecule has 10 nitrogen and oxygen atoms in total. The maximum atomic E-state index is 13.9. The van der Waals surface area contributed by atoms with Crippen LogP contribution in [0.4, 0.5) is 9.18 Å². The summed E-state index contributed by atoms with van der Waals surface area (Å²) < 4.78 is 30.6. The summed E-state index contributed by atoms with van der Waals surface area (Å²) in [7, 11) is 2.90.